The molecule has 6 heteroatoms. The van der Waals surface area contributed by atoms with Crippen molar-refractivity contribution in [3.8, 4) is 28.7 Å². The maximum absolute atomic E-state index is 5.88. The number of nitrogens with two attached hydrogens (primary N) is 2. The molecule has 0 aliphatic heterocycles. The average molecular weight is 282 g/mol. The number of hydrogen-bond acceptors (Lipinski definition) is 6. The number of methoxy groups -OCH3 is 1. The first-order valence-electron chi connectivity index (χ1n) is 6.30. The zero-order chi connectivity index (χ0) is 14.8. The molecule has 1 aromatic heterocycles. The number of ether oxygens (including phenoxy) is 1. The number of rotatable bonds is 3. The molecule has 0 saturated heterocycles. The highest BCUT2D eigenvalue weighted by Crippen LogP contribution is 2.29. The Morgan fingerprint density at radius 3 is 2.14 bits per heavy atom. The smallest absolute Gasteiger partial charge is 0.248 e. The van der Waals surface area contributed by atoms with Crippen LogP contribution in [-0.4, -0.2) is 17.3 Å². The molecule has 0 aliphatic rings. The third-order valence-corrected chi connectivity index (χ3v) is 3.06. The molecule has 0 amide bonds. The molecule has 0 atom stereocenters. The number of nitrogens with zero attached hydrogens (tertiary/aromatic N) is 2. The quantitative estimate of drug-likeness (QED) is 0.716. The van der Waals surface area contributed by atoms with Crippen molar-refractivity contribution in [1.82, 2.24) is 10.2 Å². The van der Waals surface area contributed by atoms with Gasteiger partial charge in [0.15, 0.2) is 0 Å². The molecule has 0 radical (unpaired) electrons. The second-order valence-electron chi connectivity index (χ2n) is 4.49. The highest BCUT2D eigenvalue weighted by molar-refractivity contribution is 5.66. The van der Waals surface area contributed by atoms with Gasteiger partial charge in [-0.05, 0) is 42.5 Å². The summed E-state index contributed by atoms with van der Waals surface area (Å²) < 4.78 is 10.8. The van der Waals surface area contributed by atoms with Crippen LogP contribution < -0.4 is 16.2 Å². The molecule has 2 aromatic carbocycles. The third-order valence-electron chi connectivity index (χ3n) is 3.06. The first-order chi connectivity index (χ1) is 10.2. The summed E-state index contributed by atoms with van der Waals surface area (Å²) in [6.45, 7) is 0. The molecule has 0 aliphatic carbocycles. The van der Waals surface area contributed by atoms with Gasteiger partial charge in [0.1, 0.15) is 5.75 Å². The number of anilines is 2. The lowest BCUT2D eigenvalue weighted by Gasteiger charge is -2.04. The molecule has 21 heavy (non-hydrogen) atoms. The molecular weight excluding hydrogens is 268 g/mol. The fourth-order valence-electron chi connectivity index (χ4n) is 1.95. The van der Waals surface area contributed by atoms with Crippen LogP contribution in [0.1, 0.15) is 0 Å². The molecule has 3 aromatic rings. The standard InChI is InChI=1S/C15H14N4O2/c1-20-13-7-4-10(8-12(13)17)15-19-18-14(21-15)9-2-5-11(16)6-3-9/h2-8H,16-17H2,1H3. The van der Waals surface area contributed by atoms with E-state index in [1.807, 2.05) is 18.2 Å². The molecule has 3 rings (SSSR count). The van der Waals surface area contributed by atoms with Crippen LogP contribution in [0.15, 0.2) is 46.9 Å². The van der Waals surface area contributed by atoms with Gasteiger partial charge in [-0.25, -0.2) is 0 Å². The normalized spacial score (nSPS) is 10.5. The van der Waals surface area contributed by atoms with Crippen LogP contribution in [0.3, 0.4) is 0 Å². The lowest BCUT2D eigenvalue weighted by atomic mass is 10.2. The van der Waals surface area contributed by atoms with E-state index < -0.39 is 0 Å². The van der Waals surface area contributed by atoms with E-state index >= 15 is 0 Å². The van der Waals surface area contributed by atoms with E-state index in [9.17, 15) is 0 Å². The number of aromatic nitrogens is 2. The van der Waals surface area contributed by atoms with E-state index in [2.05, 4.69) is 10.2 Å². The molecule has 4 N–H and O–H groups in total. The van der Waals surface area contributed by atoms with Gasteiger partial charge in [-0.15, -0.1) is 10.2 Å². The van der Waals surface area contributed by atoms with E-state index in [0.29, 0.717) is 28.9 Å². The number of nitrogen functional groups attached to an aromatic ring is 2. The second-order valence-corrected chi connectivity index (χ2v) is 4.49. The van der Waals surface area contributed by atoms with E-state index in [1.165, 1.54) is 0 Å². The highest BCUT2D eigenvalue weighted by atomic mass is 16.5. The van der Waals surface area contributed by atoms with Crippen molar-refractivity contribution in [2.45, 2.75) is 0 Å². The van der Waals surface area contributed by atoms with E-state index in [1.54, 1.807) is 31.4 Å². The molecule has 0 saturated carbocycles. The van der Waals surface area contributed by atoms with Crippen LogP contribution in [0.4, 0.5) is 11.4 Å². The zero-order valence-corrected chi connectivity index (χ0v) is 11.4. The minimum atomic E-state index is 0.399. The Bertz CT molecular complexity index is 766. The van der Waals surface area contributed by atoms with Crippen LogP contribution in [0.5, 0.6) is 5.75 Å². The average Bonchev–Trinajstić information content (AvgIpc) is 2.98. The number of benzene rings is 2. The molecule has 1 heterocycles. The number of hydrogen-bond donors (Lipinski definition) is 2. The highest BCUT2D eigenvalue weighted by Gasteiger charge is 2.11. The monoisotopic (exact) mass is 282 g/mol. The lowest BCUT2D eigenvalue weighted by molar-refractivity contribution is 0.417. The zero-order valence-electron chi connectivity index (χ0n) is 11.4. The van der Waals surface area contributed by atoms with Crippen LogP contribution in [0.2, 0.25) is 0 Å². The molecule has 0 fully saturated rings. The molecule has 106 valence electrons. The van der Waals surface area contributed by atoms with Gasteiger partial charge in [-0.2, -0.15) is 0 Å². The van der Waals surface area contributed by atoms with Crippen LogP contribution in [-0.2, 0) is 0 Å². The molecular formula is C15H14N4O2. The topological polar surface area (TPSA) is 100 Å². The van der Waals surface area contributed by atoms with Gasteiger partial charge in [0.05, 0.1) is 12.8 Å². The molecule has 0 spiro atoms. The van der Waals surface area contributed by atoms with E-state index in [0.717, 1.165) is 11.1 Å². The molecule has 0 bridgehead atoms. The van der Waals surface area contributed by atoms with Crippen molar-refractivity contribution in [3.63, 3.8) is 0 Å². The maximum atomic E-state index is 5.88. The van der Waals surface area contributed by atoms with Crippen molar-refractivity contribution in [2.24, 2.45) is 0 Å². The minimum absolute atomic E-state index is 0.399. The van der Waals surface area contributed by atoms with Gasteiger partial charge in [0.25, 0.3) is 0 Å². The first kappa shape index (κ1) is 13.0. The fourth-order valence-corrected chi connectivity index (χ4v) is 1.95. The van der Waals surface area contributed by atoms with Crippen molar-refractivity contribution >= 4 is 11.4 Å². The molecule has 6 nitrogen and oxygen atoms in total. The summed E-state index contributed by atoms with van der Waals surface area (Å²) in [4.78, 5) is 0. The van der Waals surface area contributed by atoms with Crippen molar-refractivity contribution in [1.29, 1.82) is 0 Å². The Morgan fingerprint density at radius 1 is 0.905 bits per heavy atom. The van der Waals surface area contributed by atoms with Gasteiger partial charge >= 0.3 is 0 Å². The fraction of sp³-hybridized carbons (Fsp3) is 0.0667. The summed E-state index contributed by atoms with van der Waals surface area (Å²) in [5.74, 6) is 1.44. The van der Waals surface area contributed by atoms with Gasteiger partial charge in [-0.1, -0.05) is 0 Å². The van der Waals surface area contributed by atoms with E-state index in [4.69, 9.17) is 20.6 Å². The first-order valence-corrected chi connectivity index (χ1v) is 6.30. The summed E-state index contributed by atoms with van der Waals surface area (Å²) >= 11 is 0. The summed E-state index contributed by atoms with van der Waals surface area (Å²) in [6.07, 6.45) is 0. The van der Waals surface area contributed by atoms with Gasteiger partial charge in [-0.3, -0.25) is 0 Å². The Morgan fingerprint density at radius 2 is 1.52 bits per heavy atom. The van der Waals surface area contributed by atoms with E-state index in [-0.39, 0.29) is 0 Å². The Kier molecular flexibility index (Phi) is 3.19. The summed E-state index contributed by atoms with van der Waals surface area (Å²) in [5.41, 5.74) is 14.3. The Labute approximate surface area is 121 Å². The predicted molar refractivity (Wildman–Crippen MR) is 80.5 cm³/mol. The predicted octanol–water partition coefficient (Wildman–Crippen LogP) is 2.58. The van der Waals surface area contributed by atoms with Crippen molar-refractivity contribution in [2.75, 3.05) is 18.6 Å². The second kappa shape index (κ2) is 5.16. The largest absolute Gasteiger partial charge is 0.495 e. The summed E-state index contributed by atoms with van der Waals surface area (Å²) in [5, 5.41) is 8.07. The lowest BCUT2D eigenvalue weighted by Crippen LogP contribution is -1.92. The molecule has 0 unspecified atom stereocenters. The Balaban J connectivity index is 1.94. The van der Waals surface area contributed by atoms with Crippen molar-refractivity contribution in [3.05, 3.63) is 42.5 Å². The summed E-state index contributed by atoms with van der Waals surface area (Å²) in [7, 11) is 1.57. The van der Waals surface area contributed by atoms with Gasteiger partial charge < -0.3 is 20.6 Å². The van der Waals surface area contributed by atoms with Gasteiger partial charge in [0, 0.05) is 16.8 Å². The van der Waals surface area contributed by atoms with Crippen LogP contribution >= 0.6 is 0 Å². The minimum Gasteiger partial charge on any atom is -0.495 e. The van der Waals surface area contributed by atoms with Gasteiger partial charge in [0.2, 0.25) is 11.8 Å². The summed E-state index contributed by atoms with van der Waals surface area (Å²) in [6, 6.07) is 12.5. The maximum Gasteiger partial charge on any atom is 0.248 e. The van der Waals surface area contributed by atoms with Crippen LogP contribution in [0, 0.1) is 0 Å². The Hall–Kier alpha value is -3.02. The SMILES string of the molecule is COc1ccc(-c2nnc(-c3ccc(N)cc3)o2)cc1N. The van der Waals surface area contributed by atoms with Crippen LogP contribution in [0.25, 0.3) is 22.9 Å². The third kappa shape index (κ3) is 2.51. The van der Waals surface area contributed by atoms with Crippen molar-refractivity contribution < 1.29 is 9.15 Å².